The van der Waals surface area contributed by atoms with Gasteiger partial charge in [-0.1, -0.05) is 11.2 Å². The van der Waals surface area contributed by atoms with Crippen LogP contribution in [0.4, 0.5) is 5.95 Å². The highest BCUT2D eigenvalue weighted by Gasteiger charge is 2.26. The van der Waals surface area contributed by atoms with E-state index >= 15 is 0 Å². The first kappa shape index (κ1) is 12.9. The minimum absolute atomic E-state index is 0.0300. The molecule has 0 saturated heterocycles. The molecule has 0 bridgehead atoms. The number of carboxylic acids is 1. The molecule has 9 heteroatoms. The molecule has 0 amide bonds. The average molecular weight is 289 g/mol. The van der Waals surface area contributed by atoms with Crippen LogP contribution in [0, 0.1) is 0 Å². The molecule has 9 nitrogen and oxygen atoms in total. The Balaban J connectivity index is 2.08. The molecular weight excluding hydrogens is 278 g/mol. The summed E-state index contributed by atoms with van der Waals surface area (Å²) in [6.07, 6.45) is 1.47. The van der Waals surface area contributed by atoms with Gasteiger partial charge in [-0.3, -0.25) is 0 Å². The van der Waals surface area contributed by atoms with Gasteiger partial charge in [-0.05, 0) is 34.2 Å². The number of hydrogen-bond donors (Lipinski definition) is 3. The van der Waals surface area contributed by atoms with Crippen LogP contribution in [0.2, 0.25) is 0 Å². The van der Waals surface area contributed by atoms with Crippen molar-refractivity contribution in [3.8, 4) is 11.5 Å². The third-order valence-electron chi connectivity index (χ3n) is 3.10. The number of aliphatic carboxylic acids is 1. The maximum absolute atomic E-state index is 11.2. The standard InChI is InChI=1S/C12H11N5O4/c1-21-10-3-2-6(4-9(10)18)8-5-7(11(19)20)13-12-14-15-16-17(8)12/h2-5,8,18H,1H3,(H,19,20)(H,13,14,16). The maximum Gasteiger partial charge on any atom is 0.352 e. The van der Waals surface area contributed by atoms with E-state index in [4.69, 9.17) is 9.84 Å². The second kappa shape index (κ2) is 4.78. The number of tetrazole rings is 1. The fourth-order valence-corrected chi connectivity index (χ4v) is 2.11. The Labute approximate surface area is 118 Å². The molecular formula is C12H11N5O4. The Morgan fingerprint density at radius 3 is 2.95 bits per heavy atom. The summed E-state index contributed by atoms with van der Waals surface area (Å²) in [4.78, 5) is 11.2. The molecule has 1 aliphatic rings. The maximum atomic E-state index is 11.2. The van der Waals surface area contributed by atoms with Crippen molar-refractivity contribution in [3.05, 3.63) is 35.5 Å². The lowest BCUT2D eigenvalue weighted by molar-refractivity contribution is -0.132. The van der Waals surface area contributed by atoms with Gasteiger partial charge in [-0.25, -0.2) is 4.79 Å². The Morgan fingerprint density at radius 2 is 2.29 bits per heavy atom. The van der Waals surface area contributed by atoms with Crippen LogP contribution in [0.3, 0.4) is 0 Å². The summed E-state index contributed by atoms with van der Waals surface area (Å²) in [5, 5.41) is 32.7. The normalized spacial score (nSPS) is 16.6. The monoisotopic (exact) mass is 289 g/mol. The van der Waals surface area contributed by atoms with Gasteiger partial charge in [0.15, 0.2) is 11.5 Å². The van der Waals surface area contributed by atoms with E-state index in [1.807, 2.05) is 0 Å². The van der Waals surface area contributed by atoms with Gasteiger partial charge in [0.05, 0.1) is 7.11 Å². The van der Waals surface area contributed by atoms with E-state index in [2.05, 4.69) is 20.8 Å². The quantitative estimate of drug-likeness (QED) is 0.740. The van der Waals surface area contributed by atoms with Crippen LogP contribution in [-0.2, 0) is 4.79 Å². The highest BCUT2D eigenvalue weighted by molar-refractivity contribution is 5.90. The summed E-state index contributed by atoms with van der Waals surface area (Å²) in [6, 6.07) is 4.23. The molecule has 0 aliphatic carbocycles. The summed E-state index contributed by atoms with van der Waals surface area (Å²) in [7, 11) is 1.45. The topological polar surface area (TPSA) is 122 Å². The van der Waals surface area contributed by atoms with E-state index in [0.717, 1.165) is 0 Å². The first-order valence-corrected chi connectivity index (χ1v) is 5.97. The van der Waals surface area contributed by atoms with E-state index in [1.54, 1.807) is 12.1 Å². The summed E-state index contributed by atoms with van der Waals surface area (Å²) >= 11 is 0. The Hall–Kier alpha value is -3.10. The molecule has 0 radical (unpaired) electrons. The molecule has 1 aliphatic heterocycles. The van der Waals surface area contributed by atoms with E-state index in [9.17, 15) is 9.90 Å². The van der Waals surface area contributed by atoms with Crippen molar-refractivity contribution >= 4 is 11.9 Å². The number of aromatic nitrogens is 4. The molecule has 1 unspecified atom stereocenters. The van der Waals surface area contributed by atoms with Gasteiger partial charge in [0.1, 0.15) is 11.7 Å². The minimum Gasteiger partial charge on any atom is -0.504 e. The van der Waals surface area contributed by atoms with Crippen molar-refractivity contribution in [3.63, 3.8) is 0 Å². The van der Waals surface area contributed by atoms with Crippen LogP contribution in [0.1, 0.15) is 11.6 Å². The number of hydrogen-bond acceptors (Lipinski definition) is 7. The molecule has 2 aromatic rings. The van der Waals surface area contributed by atoms with Gasteiger partial charge in [0.2, 0.25) is 5.95 Å². The number of carboxylic acid groups (broad SMARTS) is 1. The molecule has 21 heavy (non-hydrogen) atoms. The SMILES string of the molecule is COc1ccc(C2C=C(C(=O)O)Nc3nnnn32)cc1O. The number of benzene rings is 1. The molecule has 1 aromatic heterocycles. The lowest BCUT2D eigenvalue weighted by Gasteiger charge is -2.21. The molecule has 108 valence electrons. The highest BCUT2D eigenvalue weighted by atomic mass is 16.5. The number of nitrogens with one attached hydrogen (secondary N) is 1. The number of ether oxygens (including phenoxy) is 1. The molecule has 1 atom stereocenters. The van der Waals surface area contributed by atoms with Gasteiger partial charge >= 0.3 is 5.97 Å². The first-order valence-electron chi connectivity index (χ1n) is 5.97. The van der Waals surface area contributed by atoms with Gasteiger partial charge in [0, 0.05) is 0 Å². The van der Waals surface area contributed by atoms with Crippen LogP contribution in [-0.4, -0.2) is 43.5 Å². The zero-order valence-corrected chi connectivity index (χ0v) is 10.9. The number of phenols is 1. The lowest BCUT2D eigenvalue weighted by Crippen LogP contribution is -2.24. The van der Waals surface area contributed by atoms with Crippen molar-refractivity contribution in [1.82, 2.24) is 20.2 Å². The molecule has 0 fully saturated rings. The summed E-state index contributed by atoms with van der Waals surface area (Å²) in [5.74, 6) is -0.623. The fraction of sp³-hybridized carbons (Fsp3) is 0.167. The molecule has 1 aromatic carbocycles. The lowest BCUT2D eigenvalue weighted by atomic mass is 10.0. The molecule has 0 spiro atoms. The van der Waals surface area contributed by atoms with Crippen LogP contribution in [0.5, 0.6) is 11.5 Å². The van der Waals surface area contributed by atoms with Crippen LogP contribution in [0.25, 0.3) is 0 Å². The van der Waals surface area contributed by atoms with Crippen molar-refractivity contribution in [2.24, 2.45) is 0 Å². The van der Waals surface area contributed by atoms with Gasteiger partial charge in [-0.2, -0.15) is 4.68 Å². The summed E-state index contributed by atoms with van der Waals surface area (Å²) in [6.45, 7) is 0. The van der Waals surface area contributed by atoms with Crippen molar-refractivity contribution in [2.75, 3.05) is 12.4 Å². The molecule has 3 N–H and O–H groups in total. The number of anilines is 1. The largest absolute Gasteiger partial charge is 0.504 e. The minimum atomic E-state index is -1.12. The number of nitrogens with zero attached hydrogens (tertiary/aromatic N) is 4. The Morgan fingerprint density at radius 1 is 1.48 bits per heavy atom. The highest BCUT2D eigenvalue weighted by Crippen LogP contribution is 2.33. The second-order valence-electron chi connectivity index (χ2n) is 4.33. The number of aromatic hydroxyl groups is 1. The zero-order valence-electron chi connectivity index (χ0n) is 10.9. The van der Waals surface area contributed by atoms with Crippen molar-refractivity contribution in [1.29, 1.82) is 0 Å². The Bertz CT molecular complexity index is 739. The molecule has 2 heterocycles. The fourth-order valence-electron chi connectivity index (χ4n) is 2.11. The molecule has 0 saturated carbocycles. The van der Waals surface area contributed by atoms with E-state index in [1.165, 1.54) is 23.9 Å². The average Bonchev–Trinajstić information content (AvgIpc) is 2.94. The van der Waals surface area contributed by atoms with Crippen LogP contribution >= 0.6 is 0 Å². The third kappa shape index (κ3) is 2.14. The number of rotatable bonds is 3. The van der Waals surface area contributed by atoms with Gasteiger partial charge in [0.25, 0.3) is 0 Å². The third-order valence-corrected chi connectivity index (χ3v) is 3.10. The van der Waals surface area contributed by atoms with E-state index in [-0.39, 0.29) is 17.4 Å². The number of allylic oxidation sites excluding steroid dienone is 1. The van der Waals surface area contributed by atoms with Crippen molar-refractivity contribution in [2.45, 2.75) is 6.04 Å². The number of phenolic OH excluding ortho intramolecular Hbond substituents is 1. The first-order chi connectivity index (χ1) is 10.1. The molecule has 3 rings (SSSR count). The van der Waals surface area contributed by atoms with Crippen LogP contribution in [0.15, 0.2) is 30.0 Å². The number of fused-ring (bicyclic) bond motifs is 1. The van der Waals surface area contributed by atoms with Crippen molar-refractivity contribution < 1.29 is 19.7 Å². The zero-order chi connectivity index (χ0) is 15.0. The number of carbonyl (C=O) groups is 1. The summed E-state index contributed by atoms with van der Waals surface area (Å²) in [5.41, 5.74) is 0.597. The predicted molar refractivity (Wildman–Crippen MR) is 70.0 cm³/mol. The van der Waals surface area contributed by atoms with Gasteiger partial charge < -0.3 is 20.3 Å². The predicted octanol–water partition coefficient (Wildman–Crippen LogP) is 0.371. The smallest absolute Gasteiger partial charge is 0.352 e. The van der Waals surface area contributed by atoms with E-state index < -0.39 is 12.0 Å². The second-order valence-corrected chi connectivity index (χ2v) is 4.33. The number of methoxy groups -OCH3 is 1. The van der Waals surface area contributed by atoms with E-state index in [0.29, 0.717) is 11.3 Å². The van der Waals surface area contributed by atoms with Gasteiger partial charge in [-0.15, -0.1) is 0 Å². The summed E-state index contributed by atoms with van der Waals surface area (Å²) < 4.78 is 6.41. The Kier molecular flexibility index (Phi) is 2.94. The van der Waals surface area contributed by atoms with Crippen LogP contribution < -0.4 is 10.1 Å².